The molecule has 0 fully saturated rings. The van der Waals surface area contributed by atoms with Gasteiger partial charge in [0.15, 0.2) is 6.04 Å². The van der Waals surface area contributed by atoms with E-state index < -0.39 is 30.7 Å². The summed E-state index contributed by atoms with van der Waals surface area (Å²) in [5.41, 5.74) is 5.86. The molecule has 5 nitrogen and oxygen atoms in total. The Hall–Kier alpha value is -1.83. The van der Waals surface area contributed by atoms with Gasteiger partial charge in [-0.2, -0.15) is 18.3 Å². The van der Waals surface area contributed by atoms with Crippen LogP contribution >= 0.6 is 0 Å². The van der Waals surface area contributed by atoms with Crippen LogP contribution in [-0.4, -0.2) is 34.5 Å². The first-order valence-electron chi connectivity index (χ1n) is 7.13. The average molecular weight is 316 g/mol. The van der Waals surface area contributed by atoms with Gasteiger partial charge in [-0.3, -0.25) is 9.48 Å². The molecule has 1 aromatic rings. The fraction of sp³-hybridized carbons (Fsp3) is 0.571. The van der Waals surface area contributed by atoms with Crippen LogP contribution in [0.4, 0.5) is 13.2 Å². The third kappa shape index (κ3) is 4.09. The van der Waals surface area contributed by atoms with Crippen molar-refractivity contribution in [2.75, 3.05) is 6.54 Å². The first-order valence-corrected chi connectivity index (χ1v) is 7.13. The SMILES string of the molecule is NC(C(=O)NCC(n1cccn1)C(F)(F)F)C1CC=CCC1. The van der Waals surface area contributed by atoms with E-state index in [0.717, 1.165) is 17.5 Å². The van der Waals surface area contributed by atoms with E-state index in [1.165, 1.54) is 18.5 Å². The molecule has 0 saturated carbocycles. The quantitative estimate of drug-likeness (QED) is 0.813. The summed E-state index contributed by atoms with van der Waals surface area (Å²) in [5, 5.41) is 5.91. The number of aromatic nitrogens is 2. The molecule has 122 valence electrons. The predicted octanol–water partition coefficient (Wildman–Crippen LogP) is 1.79. The Morgan fingerprint density at radius 1 is 1.45 bits per heavy atom. The number of rotatable bonds is 5. The molecule has 1 amide bonds. The summed E-state index contributed by atoms with van der Waals surface area (Å²) in [5.74, 6) is -0.583. The lowest BCUT2D eigenvalue weighted by Gasteiger charge is -2.26. The van der Waals surface area contributed by atoms with Gasteiger partial charge in [0.2, 0.25) is 5.91 Å². The lowest BCUT2D eigenvalue weighted by Crippen LogP contribution is -2.48. The molecule has 0 aliphatic heterocycles. The molecule has 1 aromatic heterocycles. The zero-order chi connectivity index (χ0) is 16.2. The summed E-state index contributed by atoms with van der Waals surface area (Å²) in [6.07, 6.45) is 4.23. The lowest BCUT2D eigenvalue weighted by molar-refractivity contribution is -0.169. The van der Waals surface area contributed by atoms with E-state index in [9.17, 15) is 18.0 Å². The normalized spacial score (nSPS) is 21.4. The number of nitrogens with two attached hydrogens (primary N) is 1. The molecular weight excluding hydrogens is 297 g/mol. The van der Waals surface area contributed by atoms with Crippen LogP contribution in [0.15, 0.2) is 30.6 Å². The van der Waals surface area contributed by atoms with Crippen LogP contribution in [0.1, 0.15) is 25.3 Å². The minimum absolute atomic E-state index is 0.0287. The molecule has 0 spiro atoms. The number of nitrogens with one attached hydrogen (secondary N) is 1. The van der Waals surface area contributed by atoms with Gasteiger partial charge < -0.3 is 11.1 Å². The molecule has 1 aliphatic carbocycles. The van der Waals surface area contributed by atoms with Gasteiger partial charge in [0.25, 0.3) is 0 Å². The Balaban J connectivity index is 1.94. The molecule has 3 unspecified atom stereocenters. The smallest absolute Gasteiger partial charge is 0.352 e. The van der Waals surface area contributed by atoms with Crippen molar-refractivity contribution in [3.05, 3.63) is 30.6 Å². The van der Waals surface area contributed by atoms with Crippen molar-refractivity contribution in [1.29, 1.82) is 0 Å². The number of hydrogen-bond acceptors (Lipinski definition) is 3. The molecule has 0 saturated heterocycles. The first kappa shape index (κ1) is 16.5. The second-order valence-electron chi connectivity index (χ2n) is 5.36. The van der Waals surface area contributed by atoms with Crippen molar-refractivity contribution in [2.24, 2.45) is 11.7 Å². The Bertz CT molecular complexity index is 513. The molecule has 0 bridgehead atoms. The summed E-state index contributed by atoms with van der Waals surface area (Å²) >= 11 is 0. The van der Waals surface area contributed by atoms with Gasteiger partial charge in [0, 0.05) is 18.9 Å². The summed E-state index contributed by atoms with van der Waals surface area (Å²) in [6.45, 7) is -0.583. The molecule has 2 rings (SSSR count). The fourth-order valence-corrected chi connectivity index (χ4v) is 2.50. The Morgan fingerprint density at radius 2 is 2.23 bits per heavy atom. The third-order valence-corrected chi connectivity index (χ3v) is 3.81. The van der Waals surface area contributed by atoms with Crippen molar-refractivity contribution >= 4 is 5.91 Å². The average Bonchev–Trinajstić information content (AvgIpc) is 3.00. The lowest BCUT2D eigenvalue weighted by atomic mass is 9.88. The summed E-state index contributed by atoms with van der Waals surface area (Å²) < 4.78 is 39.9. The van der Waals surface area contributed by atoms with Gasteiger partial charge in [0.1, 0.15) is 0 Å². The van der Waals surface area contributed by atoms with Crippen LogP contribution in [-0.2, 0) is 4.79 Å². The number of nitrogens with zero attached hydrogens (tertiary/aromatic N) is 2. The first-order chi connectivity index (χ1) is 10.4. The Labute approximate surface area is 126 Å². The van der Waals surface area contributed by atoms with Crippen molar-refractivity contribution in [1.82, 2.24) is 15.1 Å². The molecule has 3 atom stereocenters. The number of carbonyl (C=O) groups is 1. The summed E-state index contributed by atoms with van der Waals surface area (Å²) in [4.78, 5) is 12.0. The van der Waals surface area contributed by atoms with E-state index in [2.05, 4.69) is 10.4 Å². The third-order valence-electron chi connectivity index (χ3n) is 3.81. The number of halogens is 3. The van der Waals surface area contributed by atoms with Crippen LogP contribution in [0.3, 0.4) is 0 Å². The Morgan fingerprint density at radius 3 is 2.77 bits per heavy atom. The van der Waals surface area contributed by atoms with Gasteiger partial charge in [-0.1, -0.05) is 12.2 Å². The van der Waals surface area contributed by atoms with E-state index in [1.807, 2.05) is 12.2 Å². The molecule has 0 radical (unpaired) electrons. The molecular formula is C14H19F3N4O. The van der Waals surface area contributed by atoms with Gasteiger partial charge in [0.05, 0.1) is 6.04 Å². The highest BCUT2D eigenvalue weighted by Gasteiger charge is 2.42. The topological polar surface area (TPSA) is 72.9 Å². The summed E-state index contributed by atoms with van der Waals surface area (Å²) in [7, 11) is 0. The second-order valence-corrected chi connectivity index (χ2v) is 5.36. The number of hydrogen-bond donors (Lipinski definition) is 2. The standard InChI is InChI=1S/C14H19F3N4O/c15-14(16,17)11(21-8-4-7-20-21)9-19-13(22)12(18)10-5-2-1-3-6-10/h1-2,4,7-8,10-12H,3,5-6,9,18H2,(H,19,22). The van der Waals surface area contributed by atoms with Crippen molar-refractivity contribution in [3.63, 3.8) is 0 Å². The molecule has 0 aromatic carbocycles. The zero-order valence-corrected chi connectivity index (χ0v) is 12.0. The van der Waals surface area contributed by atoms with E-state index in [1.54, 1.807) is 0 Å². The maximum absolute atomic E-state index is 13.0. The minimum atomic E-state index is -4.50. The summed E-state index contributed by atoms with van der Waals surface area (Å²) in [6, 6.07) is -1.29. The maximum Gasteiger partial charge on any atom is 0.412 e. The molecule has 3 N–H and O–H groups in total. The minimum Gasteiger partial charge on any atom is -0.352 e. The van der Waals surface area contributed by atoms with Gasteiger partial charge in [-0.25, -0.2) is 0 Å². The van der Waals surface area contributed by atoms with Crippen LogP contribution in [0.25, 0.3) is 0 Å². The second kappa shape index (κ2) is 6.95. The van der Waals surface area contributed by atoms with Crippen LogP contribution in [0, 0.1) is 5.92 Å². The van der Waals surface area contributed by atoms with Gasteiger partial charge in [-0.05, 0) is 31.2 Å². The number of amides is 1. The highest BCUT2D eigenvalue weighted by molar-refractivity contribution is 5.81. The number of carbonyl (C=O) groups excluding carboxylic acids is 1. The largest absolute Gasteiger partial charge is 0.412 e. The highest BCUT2D eigenvalue weighted by atomic mass is 19.4. The fourth-order valence-electron chi connectivity index (χ4n) is 2.50. The van der Waals surface area contributed by atoms with Crippen LogP contribution < -0.4 is 11.1 Å². The number of alkyl halides is 3. The van der Waals surface area contributed by atoms with E-state index in [4.69, 9.17) is 5.73 Å². The van der Waals surface area contributed by atoms with Crippen molar-refractivity contribution in [2.45, 2.75) is 37.5 Å². The predicted molar refractivity (Wildman–Crippen MR) is 74.8 cm³/mol. The molecule has 8 heteroatoms. The van der Waals surface area contributed by atoms with E-state index in [-0.39, 0.29) is 5.92 Å². The van der Waals surface area contributed by atoms with Crippen LogP contribution in [0.5, 0.6) is 0 Å². The Kier molecular flexibility index (Phi) is 5.23. The molecule has 22 heavy (non-hydrogen) atoms. The zero-order valence-electron chi connectivity index (χ0n) is 12.0. The van der Waals surface area contributed by atoms with E-state index in [0.29, 0.717) is 6.42 Å². The van der Waals surface area contributed by atoms with Gasteiger partial charge >= 0.3 is 6.18 Å². The highest BCUT2D eigenvalue weighted by Crippen LogP contribution is 2.29. The van der Waals surface area contributed by atoms with E-state index >= 15 is 0 Å². The maximum atomic E-state index is 13.0. The van der Waals surface area contributed by atoms with Crippen LogP contribution in [0.2, 0.25) is 0 Å². The van der Waals surface area contributed by atoms with Gasteiger partial charge in [-0.15, -0.1) is 0 Å². The molecule has 1 aliphatic rings. The van der Waals surface area contributed by atoms with Crippen molar-refractivity contribution < 1.29 is 18.0 Å². The van der Waals surface area contributed by atoms with Crippen molar-refractivity contribution in [3.8, 4) is 0 Å². The monoisotopic (exact) mass is 316 g/mol. The number of allylic oxidation sites excluding steroid dienone is 2. The molecule has 1 heterocycles.